The van der Waals surface area contributed by atoms with Gasteiger partial charge in [-0.3, -0.25) is 0 Å². The van der Waals surface area contributed by atoms with Gasteiger partial charge in [-0.1, -0.05) is 0 Å². The molecule has 1 fully saturated rings. The third-order valence-electron chi connectivity index (χ3n) is 3.89. The van der Waals surface area contributed by atoms with Crippen molar-refractivity contribution in [2.24, 2.45) is 0 Å². The van der Waals surface area contributed by atoms with Crippen molar-refractivity contribution in [3.05, 3.63) is 17.7 Å². The first-order chi connectivity index (χ1) is 10.2. The Kier molecular flexibility index (Phi) is 5.70. The van der Waals surface area contributed by atoms with E-state index in [1.807, 2.05) is 12.1 Å². The quantitative estimate of drug-likeness (QED) is 0.874. The second-order valence-corrected chi connectivity index (χ2v) is 5.23. The summed E-state index contributed by atoms with van der Waals surface area (Å²) in [6, 6.07) is 4.70. The van der Waals surface area contributed by atoms with Crippen molar-refractivity contribution < 1.29 is 18.9 Å². The van der Waals surface area contributed by atoms with Crippen LogP contribution < -0.4 is 19.5 Å². The predicted molar refractivity (Wildman–Crippen MR) is 81.5 cm³/mol. The van der Waals surface area contributed by atoms with Crippen LogP contribution in [0.1, 0.15) is 31.4 Å². The highest BCUT2D eigenvalue weighted by atomic mass is 16.5. The summed E-state index contributed by atoms with van der Waals surface area (Å²) in [6.45, 7) is 3.81. The van der Waals surface area contributed by atoms with E-state index in [0.717, 1.165) is 31.6 Å². The van der Waals surface area contributed by atoms with E-state index in [0.29, 0.717) is 23.3 Å². The van der Waals surface area contributed by atoms with Crippen LogP contribution in [0.25, 0.3) is 0 Å². The van der Waals surface area contributed by atoms with Crippen molar-refractivity contribution in [2.45, 2.75) is 31.8 Å². The van der Waals surface area contributed by atoms with Crippen molar-refractivity contribution >= 4 is 0 Å². The minimum absolute atomic E-state index is 0.210. The van der Waals surface area contributed by atoms with Gasteiger partial charge < -0.3 is 24.3 Å². The predicted octanol–water partition coefficient (Wildman–Crippen LogP) is 2.54. The van der Waals surface area contributed by atoms with Gasteiger partial charge in [0, 0.05) is 25.3 Å². The number of hydrogen-bond acceptors (Lipinski definition) is 5. The van der Waals surface area contributed by atoms with E-state index in [9.17, 15) is 0 Å². The van der Waals surface area contributed by atoms with Crippen LogP contribution >= 0.6 is 0 Å². The van der Waals surface area contributed by atoms with Crippen molar-refractivity contribution in [2.75, 3.05) is 34.5 Å². The largest absolute Gasteiger partial charge is 0.493 e. The van der Waals surface area contributed by atoms with Gasteiger partial charge in [-0.15, -0.1) is 0 Å². The van der Waals surface area contributed by atoms with Gasteiger partial charge in [0.2, 0.25) is 5.75 Å². The van der Waals surface area contributed by atoms with Crippen molar-refractivity contribution in [1.29, 1.82) is 0 Å². The lowest BCUT2D eigenvalue weighted by Gasteiger charge is -2.27. The highest BCUT2D eigenvalue weighted by Crippen LogP contribution is 2.39. The van der Waals surface area contributed by atoms with E-state index in [2.05, 4.69) is 12.2 Å². The molecule has 0 radical (unpaired) electrons. The summed E-state index contributed by atoms with van der Waals surface area (Å²) in [5, 5.41) is 3.64. The van der Waals surface area contributed by atoms with Crippen LogP contribution in [0.3, 0.4) is 0 Å². The molecule has 1 saturated heterocycles. The molecule has 1 aromatic carbocycles. The number of benzene rings is 1. The van der Waals surface area contributed by atoms with E-state index >= 15 is 0 Å². The van der Waals surface area contributed by atoms with Gasteiger partial charge in [0.1, 0.15) is 0 Å². The molecule has 1 atom stereocenters. The van der Waals surface area contributed by atoms with Gasteiger partial charge in [0.25, 0.3) is 0 Å². The van der Waals surface area contributed by atoms with E-state index in [4.69, 9.17) is 18.9 Å². The lowest BCUT2D eigenvalue weighted by Crippen LogP contribution is -2.36. The van der Waals surface area contributed by atoms with Crippen LogP contribution in [0.4, 0.5) is 0 Å². The molecule has 21 heavy (non-hydrogen) atoms. The maximum absolute atomic E-state index is 5.41. The fourth-order valence-corrected chi connectivity index (χ4v) is 2.67. The van der Waals surface area contributed by atoms with Crippen LogP contribution in [0.15, 0.2) is 12.1 Å². The zero-order valence-electron chi connectivity index (χ0n) is 13.3. The molecule has 1 aliphatic rings. The smallest absolute Gasteiger partial charge is 0.203 e. The number of rotatable bonds is 6. The first kappa shape index (κ1) is 15.9. The van der Waals surface area contributed by atoms with Gasteiger partial charge in [-0.2, -0.15) is 0 Å². The number of nitrogens with one attached hydrogen (secondary N) is 1. The monoisotopic (exact) mass is 295 g/mol. The van der Waals surface area contributed by atoms with E-state index in [1.165, 1.54) is 0 Å². The molecule has 0 aromatic heterocycles. The Hall–Kier alpha value is -1.46. The molecule has 118 valence electrons. The molecular formula is C16H25NO4. The fourth-order valence-electron chi connectivity index (χ4n) is 2.67. The minimum Gasteiger partial charge on any atom is -0.493 e. The number of ether oxygens (including phenoxy) is 4. The zero-order valence-corrected chi connectivity index (χ0v) is 13.3. The third kappa shape index (κ3) is 3.80. The van der Waals surface area contributed by atoms with E-state index in [1.54, 1.807) is 21.3 Å². The molecule has 0 amide bonds. The first-order valence-corrected chi connectivity index (χ1v) is 7.33. The summed E-state index contributed by atoms with van der Waals surface area (Å²) >= 11 is 0. The van der Waals surface area contributed by atoms with E-state index < -0.39 is 0 Å². The van der Waals surface area contributed by atoms with E-state index in [-0.39, 0.29) is 6.04 Å². The van der Waals surface area contributed by atoms with Crippen LogP contribution in [0.2, 0.25) is 0 Å². The van der Waals surface area contributed by atoms with Crippen LogP contribution in [0, 0.1) is 0 Å². The Labute approximate surface area is 126 Å². The third-order valence-corrected chi connectivity index (χ3v) is 3.89. The molecule has 0 saturated carbocycles. The average Bonchev–Trinajstić information content (AvgIpc) is 2.54. The first-order valence-electron chi connectivity index (χ1n) is 7.33. The topological polar surface area (TPSA) is 49.0 Å². The summed E-state index contributed by atoms with van der Waals surface area (Å²) in [5.41, 5.74) is 1.12. The molecule has 5 nitrogen and oxygen atoms in total. The zero-order chi connectivity index (χ0) is 15.2. The van der Waals surface area contributed by atoms with Gasteiger partial charge in [0.05, 0.1) is 21.3 Å². The van der Waals surface area contributed by atoms with Crippen molar-refractivity contribution in [3.8, 4) is 17.2 Å². The molecule has 0 spiro atoms. The minimum atomic E-state index is 0.210. The van der Waals surface area contributed by atoms with Gasteiger partial charge >= 0.3 is 0 Å². The van der Waals surface area contributed by atoms with Gasteiger partial charge in [0.15, 0.2) is 11.5 Å². The molecule has 1 N–H and O–H groups in total. The number of methoxy groups -OCH3 is 3. The SMILES string of the molecule is COc1cc(C(C)NC2CCOCC2)cc(OC)c1OC. The molecular weight excluding hydrogens is 270 g/mol. The second kappa shape index (κ2) is 7.52. The maximum atomic E-state index is 5.41. The summed E-state index contributed by atoms with van der Waals surface area (Å²) in [6.07, 6.45) is 2.10. The highest BCUT2D eigenvalue weighted by Gasteiger charge is 2.20. The Morgan fingerprint density at radius 1 is 1.05 bits per heavy atom. The van der Waals surface area contributed by atoms with Gasteiger partial charge in [-0.25, -0.2) is 0 Å². The molecule has 1 aliphatic heterocycles. The Morgan fingerprint density at radius 2 is 1.62 bits per heavy atom. The summed E-state index contributed by atoms with van der Waals surface area (Å²) in [4.78, 5) is 0. The summed E-state index contributed by atoms with van der Waals surface area (Å²) < 4.78 is 21.6. The van der Waals surface area contributed by atoms with Crippen LogP contribution in [-0.4, -0.2) is 40.6 Å². The van der Waals surface area contributed by atoms with Crippen LogP contribution in [-0.2, 0) is 4.74 Å². The number of hydrogen-bond donors (Lipinski definition) is 1. The Morgan fingerprint density at radius 3 is 2.10 bits per heavy atom. The highest BCUT2D eigenvalue weighted by molar-refractivity contribution is 5.54. The molecule has 0 bridgehead atoms. The van der Waals surface area contributed by atoms with Gasteiger partial charge in [-0.05, 0) is 37.5 Å². The molecule has 0 aliphatic carbocycles. The lowest BCUT2D eigenvalue weighted by molar-refractivity contribution is 0.0754. The molecule has 2 rings (SSSR count). The maximum Gasteiger partial charge on any atom is 0.203 e. The fraction of sp³-hybridized carbons (Fsp3) is 0.625. The van der Waals surface area contributed by atoms with Crippen molar-refractivity contribution in [1.82, 2.24) is 5.32 Å². The Balaban J connectivity index is 2.17. The molecule has 5 heteroatoms. The van der Waals surface area contributed by atoms with Crippen molar-refractivity contribution in [3.63, 3.8) is 0 Å². The summed E-state index contributed by atoms with van der Waals surface area (Å²) in [7, 11) is 4.89. The normalized spacial score (nSPS) is 17.3. The Bertz CT molecular complexity index is 433. The second-order valence-electron chi connectivity index (χ2n) is 5.23. The summed E-state index contributed by atoms with van der Waals surface area (Å²) in [5.74, 6) is 2.00. The standard InChI is InChI=1S/C16H25NO4/c1-11(17-13-5-7-21-8-6-13)12-9-14(18-2)16(20-4)15(10-12)19-3/h9-11,13,17H,5-8H2,1-4H3. The molecule has 1 unspecified atom stereocenters. The lowest BCUT2D eigenvalue weighted by atomic mass is 10.0. The average molecular weight is 295 g/mol. The molecule has 1 heterocycles. The molecule has 1 aromatic rings. The van der Waals surface area contributed by atoms with Crippen LogP contribution in [0.5, 0.6) is 17.2 Å².